The highest BCUT2D eigenvalue weighted by Crippen LogP contribution is 2.24. The molecule has 346 valence electrons. The molecule has 6 atom stereocenters. The molecule has 12 nitrogen and oxygen atoms in total. The minimum absolute atomic E-state index is 0.0302. The molecule has 0 saturated carbocycles. The number of ether oxygens (including phenoxy) is 4. The predicted octanol–water partition coefficient (Wildman–Crippen LogP) is 9.05. The number of unbranched alkanes of at least 4 members (excludes halogenated alkanes) is 7. The van der Waals surface area contributed by atoms with Crippen LogP contribution in [-0.4, -0.2) is 96.0 Å². The first kappa shape index (κ1) is 55.6. The van der Waals surface area contributed by atoms with Crippen molar-refractivity contribution in [3.05, 3.63) is 97.2 Å². The van der Waals surface area contributed by atoms with Crippen LogP contribution < -0.4 is 0 Å². The van der Waals surface area contributed by atoms with Crippen LogP contribution >= 0.6 is 0 Å². The first-order chi connectivity index (χ1) is 29.5. The SMILES string of the molecule is CC/C=C/C/C=C/C/C=C/C/C=C/C/C=C/C/C=C/CCC(=O)O[C@H](COC(=O)CCCCCCC/C=C/C/C=C/CCCC)CO[C@H]1O[C@H](CS(=O)(=O)O)[C@@H](O)C(O)C1O. The molecule has 0 aromatic heterocycles. The summed E-state index contributed by atoms with van der Waals surface area (Å²) in [5.41, 5.74) is 0. The molecule has 0 aromatic carbocycles. The van der Waals surface area contributed by atoms with Gasteiger partial charge in [-0.3, -0.25) is 14.1 Å². The van der Waals surface area contributed by atoms with E-state index in [9.17, 15) is 37.9 Å². The number of hydrogen-bond acceptors (Lipinski definition) is 11. The van der Waals surface area contributed by atoms with Crippen LogP contribution in [0.1, 0.15) is 136 Å². The van der Waals surface area contributed by atoms with Gasteiger partial charge in [-0.2, -0.15) is 8.42 Å². The number of allylic oxidation sites excluding steroid dienone is 16. The number of hydrogen-bond donors (Lipinski definition) is 4. The molecule has 13 heteroatoms. The van der Waals surface area contributed by atoms with Crippen molar-refractivity contribution in [1.82, 2.24) is 0 Å². The maximum atomic E-state index is 12.8. The van der Waals surface area contributed by atoms with Crippen LogP contribution in [0.3, 0.4) is 0 Å². The summed E-state index contributed by atoms with van der Waals surface area (Å²) < 4.78 is 53.9. The van der Waals surface area contributed by atoms with E-state index in [1.807, 2.05) is 18.2 Å². The van der Waals surface area contributed by atoms with Crippen molar-refractivity contribution in [2.75, 3.05) is 19.0 Å². The summed E-state index contributed by atoms with van der Waals surface area (Å²) in [6, 6.07) is 0. The molecule has 2 unspecified atom stereocenters. The van der Waals surface area contributed by atoms with Crippen LogP contribution in [0.5, 0.6) is 0 Å². The van der Waals surface area contributed by atoms with Crippen LogP contribution in [-0.2, 0) is 38.7 Å². The molecule has 1 fully saturated rings. The van der Waals surface area contributed by atoms with Gasteiger partial charge in [0, 0.05) is 12.8 Å². The lowest BCUT2D eigenvalue weighted by atomic mass is 10.00. The first-order valence-corrected chi connectivity index (χ1v) is 23.9. The van der Waals surface area contributed by atoms with E-state index in [0.717, 1.165) is 77.0 Å². The molecule has 1 rings (SSSR count). The molecule has 61 heavy (non-hydrogen) atoms. The number of carbonyl (C=O) groups is 2. The Morgan fingerprint density at radius 1 is 0.574 bits per heavy atom. The van der Waals surface area contributed by atoms with Crippen LogP contribution in [0, 0.1) is 0 Å². The Labute approximate surface area is 366 Å². The van der Waals surface area contributed by atoms with E-state index in [-0.39, 0.29) is 19.4 Å². The maximum Gasteiger partial charge on any atom is 0.306 e. The van der Waals surface area contributed by atoms with Gasteiger partial charge in [0.1, 0.15) is 36.8 Å². The number of carbonyl (C=O) groups excluding carboxylic acids is 2. The molecule has 1 aliphatic heterocycles. The molecule has 1 heterocycles. The lowest BCUT2D eigenvalue weighted by Crippen LogP contribution is -2.60. The quantitative estimate of drug-likeness (QED) is 0.0205. The monoisotopic (exact) mass is 877 g/mol. The average molecular weight is 877 g/mol. The zero-order valence-electron chi connectivity index (χ0n) is 36.7. The van der Waals surface area contributed by atoms with Crippen molar-refractivity contribution >= 4 is 22.1 Å². The third-order valence-electron chi connectivity index (χ3n) is 9.41. The van der Waals surface area contributed by atoms with Gasteiger partial charge < -0.3 is 34.3 Å². The molecule has 1 saturated heterocycles. The van der Waals surface area contributed by atoms with Gasteiger partial charge in [-0.1, -0.05) is 143 Å². The van der Waals surface area contributed by atoms with Crippen molar-refractivity contribution < 1.29 is 56.8 Å². The van der Waals surface area contributed by atoms with Crippen LogP contribution in [0.15, 0.2) is 97.2 Å². The highest BCUT2D eigenvalue weighted by Gasteiger charge is 2.46. The van der Waals surface area contributed by atoms with Crippen molar-refractivity contribution in [2.24, 2.45) is 0 Å². The number of aliphatic hydroxyl groups excluding tert-OH is 3. The van der Waals surface area contributed by atoms with Crippen LogP contribution in [0.25, 0.3) is 0 Å². The van der Waals surface area contributed by atoms with Crippen molar-refractivity contribution in [2.45, 2.75) is 173 Å². The summed E-state index contributed by atoms with van der Waals surface area (Å²) in [5, 5.41) is 30.9. The molecule has 0 radical (unpaired) electrons. The Kier molecular flexibility index (Phi) is 33.9. The van der Waals surface area contributed by atoms with E-state index in [1.165, 1.54) is 12.8 Å². The lowest BCUT2D eigenvalue weighted by Gasteiger charge is -2.40. The van der Waals surface area contributed by atoms with Crippen LogP contribution in [0.2, 0.25) is 0 Å². The fourth-order valence-electron chi connectivity index (χ4n) is 5.95. The van der Waals surface area contributed by atoms with E-state index in [2.05, 4.69) is 92.8 Å². The minimum atomic E-state index is -4.62. The second-order valence-electron chi connectivity index (χ2n) is 15.0. The fourth-order valence-corrected chi connectivity index (χ4v) is 6.64. The summed E-state index contributed by atoms with van der Waals surface area (Å²) in [4.78, 5) is 25.4. The van der Waals surface area contributed by atoms with Crippen LogP contribution in [0.4, 0.5) is 0 Å². The summed E-state index contributed by atoms with van der Waals surface area (Å²) >= 11 is 0. The summed E-state index contributed by atoms with van der Waals surface area (Å²) in [6.45, 7) is 3.51. The van der Waals surface area contributed by atoms with Crippen molar-refractivity contribution in [1.29, 1.82) is 0 Å². The summed E-state index contributed by atoms with van der Waals surface area (Å²) in [6.07, 6.45) is 40.3. The zero-order valence-corrected chi connectivity index (χ0v) is 37.5. The van der Waals surface area contributed by atoms with Gasteiger partial charge in [0.15, 0.2) is 12.4 Å². The minimum Gasteiger partial charge on any atom is -0.462 e. The normalized spacial score (nSPS) is 20.9. The molecule has 0 bridgehead atoms. The molecule has 0 aliphatic carbocycles. The smallest absolute Gasteiger partial charge is 0.306 e. The van der Waals surface area contributed by atoms with E-state index in [1.54, 1.807) is 0 Å². The van der Waals surface area contributed by atoms with E-state index in [0.29, 0.717) is 19.3 Å². The van der Waals surface area contributed by atoms with Gasteiger partial charge >= 0.3 is 11.9 Å². The van der Waals surface area contributed by atoms with E-state index >= 15 is 0 Å². The molecule has 4 N–H and O–H groups in total. The molecule has 0 spiro atoms. The fraction of sp³-hybridized carbons (Fsp3) is 0.625. The Hall–Kier alpha value is -3.43. The Bertz CT molecular complexity index is 1490. The summed E-state index contributed by atoms with van der Waals surface area (Å²) in [5.74, 6) is -2.13. The number of aliphatic hydroxyl groups is 3. The summed E-state index contributed by atoms with van der Waals surface area (Å²) in [7, 11) is -4.62. The molecule has 0 amide bonds. The standard InChI is InChI=1S/C48H76O12S/c1-3-5-7-9-11-13-15-17-19-20-21-22-23-25-27-29-31-33-35-37-44(50)59-41(39-58-48-47(53)46(52)45(51)42(60-48)40-61(54,55)56)38-57-43(49)36-34-32-30-28-26-24-18-16-14-12-10-8-6-4-2/h5,7,10-13,16-19,21-22,25,27,31,33,41-42,45-48,51-53H,3-4,6,8-9,14-15,20,23-24,26,28-30,32,34-40H2,1-2H3,(H,54,55,56)/b7-5+,12-10+,13-11+,18-16+,19-17+,22-21+,27-25+,33-31+/t41-,42-,45-,46?,47?,48+/m1/s1. The Morgan fingerprint density at radius 3 is 1.61 bits per heavy atom. The maximum absolute atomic E-state index is 12.8. The Balaban J connectivity index is 2.53. The predicted molar refractivity (Wildman–Crippen MR) is 242 cm³/mol. The third-order valence-corrected chi connectivity index (χ3v) is 10.2. The van der Waals surface area contributed by atoms with Gasteiger partial charge in [-0.15, -0.1) is 0 Å². The lowest BCUT2D eigenvalue weighted by molar-refractivity contribution is -0.297. The largest absolute Gasteiger partial charge is 0.462 e. The molecular weight excluding hydrogens is 801 g/mol. The number of rotatable bonds is 35. The second-order valence-corrected chi connectivity index (χ2v) is 16.5. The van der Waals surface area contributed by atoms with E-state index < -0.39 is 71.2 Å². The third kappa shape index (κ3) is 32.0. The highest BCUT2D eigenvalue weighted by atomic mass is 32.2. The first-order valence-electron chi connectivity index (χ1n) is 22.3. The van der Waals surface area contributed by atoms with E-state index in [4.69, 9.17) is 18.9 Å². The van der Waals surface area contributed by atoms with Gasteiger partial charge in [0.25, 0.3) is 10.1 Å². The topological polar surface area (TPSA) is 186 Å². The second kappa shape index (κ2) is 37.2. The Morgan fingerprint density at radius 2 is 1.07 bits per heavy atom. The van der Waals surface area contributed by atoms with Crippen molar-refractivity contribution in [3.8, 4) is 0 Å². The number of esters is 2. The molecule has 0 aromatic rings. The van der Waals surface area contributed by atoms with Gasteiger partial charge in [0.2, 0.25) is 0 Å². The van der Waals surface area contributed by atoms with Gasteiger partial charge in [0.05, 0.1) is 6.61 Å². The molecular formula is C48H76O12S. The zero-order chi connectivity index (χ0) is 44.8. The average Bonchev–Trinajstić information content (AvgIpc) is 3.22. The van der Waals surface area contributed by atoms with Crippen molar-refractivity contribution in [3.63, 3.8) is 0 Å². The van der Waals surface area contributed by atoms with Gasteiger partial charge in [-0.25, -0.2) is 0 Å². The molecule has 1 aliphatic rings. The highest BCUT2D eigenvalue weighted by molar-refractivity contribution is 7.85. The van der Waals surface area contributed by atoms with Gasteiger partial charge in [-0.05, 0) is 77.0 Å².